The molecule has 2 aromatic heterocycles. The lowest BCUT2D eigenvalue weighted by molar-refractivity contribution is -0.0960. The van der Waals surface area contributed by atoms with Gasteiger partial charge < -0.3 is 9.64 Å². The third-order valence-electron chi connectivity index (χ3n) is 4.75. The lowest BCUT2D eigenvalue weighted by atomic mass is 9.71. The molecule has 7 nitrogen and oxygen atoms in total. The second kappa shape index (κ2) is 4.74. The van der Waals surface area contributed by atoms with Crippen LogP contribution < -0.4 is 0 Å². The Balaban J connectivity index is 1.66. The zero-order valence-corrected chi connectivity index (χ0v) is 12.7. The second-order valence-corrected chi connectivity index (χ2v) is 6.77. The Morgan fingerprint density at radius 2 is 2.32 bits per heavy atom. The van der Waals surface area contributed by atoms with Gasteiger partial charge in [-0.05, 0) is 18.9 Å². The molecule has 2 fully saturated rings. The smallest absolute Gasteiger partial charge is 0.256 e. The van der Waals surface area contributed by atoms with E-state index < -0.39 is 0 Å². The Hall–Kier alpha value is -2.02. The van der Waals surface area contributed by atoms with Crippen LogP contribution in [0.1, 0.15) is 37.0 Å². The van der Waals surface area contributed by atoms with Gasteiger partial charge in [0.25, 0.3) is 5.91 Å². The van der Waals surface area contributed by atoms with Crippen molar-refractivity contribution in [3.63, 3.8) is 0 Å². The van der Waals surface area contributed by atoms with Crippen molar-refractivity contribution in [1.82, 2.24) is 25.3 Å². The summed E-state index contributed by atoms with van der Waals surface area (Å²) in [4.78, 5) is 19.0. The van der Waals surface area contributed by atoms with E-state index in [1.165, 1.54) is 0 Å². The van der Waals surface area contributed by atoms with Gasteiger partial charge in [0.1, 0.15) is 5.52 Å². The highest BCUT2D eigenvalue weighted by atomic mass is 16.5. The standard InChI is InChI=1S/C15H19N5O2/c1-15(2)8-20(12(15)10-4-3-7-22-10)14(21)9-5-6-16-13-11(9)17-19-18-13/h5-6,10,12H,3-4,7-8H2,1-2H3,(H,16,17,18,19). The molecule has 4 rings (SSSR count). The molecule has 2 aromatic rings. The zero-order valence-electron chi connectivity index (χ0n) is 12.7. The third kappa shape index (κ3) is 1.92. The number of amides is 1. The number of fused-ring (bicyclic) bond motifs is 1. The molecule has 1 amide bonds. The van der Waals surface area contributed by atoms with Crippen molar-refractivity contribution in [3.8, 4) is 0 Å². The first kappa shape index (κ1) is 13.6. The van der Waals surface area contributed by atoms with E-state index in [9.17, 15) is 4.79 Å². The van der Waals surface area contributed by atoms with Crippen LogP contribution in [0.3, 0.4) is 0 Å². The van der Waals surface area contributed by atoms with Gasteiger partial charge in [-0.3, -0.25) is 4.79 Å². The van der Waals surface area contributed by atoms with Crippen LogP contribution in [0.4, 0.5) is 0 Å². The fraction of sp³-hybridized carbons (Fsp3) is 0.600. The van der Waals surface area contributed by atoms with Crippen molar-refractivity contribution >= 4 is 17.1 Å². The van der Waals surface area contributed by atoms with Gasteiger partial charge in [0, 0.05) is 24.8 Å². The van der Waals surface area contributed by atoms with E-state index in [0.717, 1.165) is 26.0 Å². The summed E-state index contributed by atoms with van der Waals surface area (Å²) >= 11 is 0. The van der Waals surface area contributed by atoms with E-state index >= 15 is 0 Å². The SMILES string of the molecule is CC1(C)CN(C(=O)c2ccnc3n[nH]nc23)C1C1CCCO1. The highest BCUT2D eigenvalue weighted by Crippen LogP contribution is 2.43. The van der Waals surface area contributed by atoms with E-state index in [2.05, 4.69) is 34.2 Å². The number of rotatable bonds is 2. The number of aromatic amines is 1. The Bertz CT molecular complexity index is 720. The highest BCUT2D eigenvalue weighted by Gasteiger charge is 2.53. The summed E-state index contributed by atoms with van der Waals surface area (Å²) in [7, 11) is 0. The molecule has 22 heavy (non-hydrogen) atoms. The van der Waals surface area contributed by atoms with Gasteiger partial charge in [-0.25, -0.2) is 4.98 Å². The second-order valence-electron chi connectivity index (χ2n) is 6.77. The number of carbonyl (C=O) groups excluding carboxylic acids is 1. The number of hydrogen-bond acceptors (Lipinski definition) is 5. The van der Waals surface area contributed by atoms with Crippen LogP contribution in [-0.2, 0) is 4.74 Å². The molecule has 0 spiro atoms. The molecule has 2 saturated heterocycles. The number of H-pyrrole nitrogens is 1. The molecule has 2 atom stereocenters. The van der Waals surface area contributed by atoms with Crippen LogP contribution in [-0.4, -0.2) is 56.5 Å². The minimum atomic E-state index is -0.0128. The Labute approximate surface area is 128 Å². The third-order valence-corrected chi connectivity index (χ3v) is 4.75. The maximum absolute atomic E-state index is 13.0. The Kier molecular flexibility index (Phi) is 2.94. The van der Waals surface area contributed by atoms with Crippen molar-refractivity contribution in [2.75, 3.05) is 13.2 Å². The minimum absolute atomic E-state index is 0.0128. The highest BCUT2D eigenvalue weighted by molar-refractivity contribution is 6.04. The predicted octanol–water partition coefficient (Wildman–Crippen LogP) is 1.38. The number of nitrogens with one attached hydrogen (secondary N) is 1. The number of pyridine rings is 1. The summed E-state index contributed by atoms with van der Waals surface area (Å²) in [6.07, 6.45) is 3.84. The largest absolute Gasteiger partial charge is 0.376 e. The lowest BCUT2D eigenvalue weighted by Gasteiger charge is -2.56. The number of likely N-dealkylation sites (tertiary alicyclic amines) is 1. The number of nitrogens with zero attached hydrogens (tertiary/aromatic N) is 4. The first-order valence-electron chi connectivity index (χ1n) is 7.66. The Morgan fingerprint density at radius 3 is 3.05 bits per heavy atom. The van der Waals surface area contributed by atoms with E-state index in [-0.39, 0.29) is 23.5 Å². The molecule has 7 heteroatoms. The average molecular weight is 301 g/mol. The normalized spacial score (nSPS) is 27.1. The van der Waals surface area contributed by atoms with Gasteiger partial charge in [0.05, 0.1) is 17.7 Å². The van der Waals surface area contributed by atoms with Crippen molar-refractivity contribution in [3.05, 3.63) is 17.8 Å². The van der Waals surface area contributed by atoms with Crippen molar-refractivity contribution in [2.24, 2.45) is 5.41 Å². The lowest BCUT2D eigenvalue weighted by Crippen LogP contribution is -2.68. The molecule has 0 aliphatic carbocycles. The molecule has 0 radical (unpaired) electrons. The van der Waals surface area contributed by atoms with Gasteiger partial charge in [-0.2, -0.15) is 10.3 Å². The number of hydrogen-bond donors (Lipinski definition) is 1. The number of aromatic nitrogens is 4. The van der Waals surface area contributed by atoms with E-state index in [0.29, 0.717) is 16.7 Å². The molecule has 1 N–H and O–H groups in total. The van der Waals surface area contributed by atoms with Crippen LogP contribution in [0, 0.1) is 5.41 Å². The fourth-order valence-electron chi connectivity index (χ4n) is 3.78. The molecular formula is C15H19N5O2. The number of carbonyl (C=O) groups is 1. The minimum Gasteiger partial charge on any atom is -0.376 e. The molecule has 0 bridgehead atoms. The van der Waals surface area contributed by atoms with Crippen molar-refractivity contribution in [1.29, 1.82) is 0 Å². The predicted molar refractivity (Wildman–Crippen MR) is 79.3 cm³/mol. The molecule has 2 aliphatic rings. The van der Waals surface area contributed by atoms with Crippen LogP contribution in [0.2, 0.25) is 0 Å². The summed E-state index contributed by atoms with van der Waals surface area (Å²) in [5, 5.41) is 10.5. The first-order valence-corrected chi connectivity index (χ1v) is 7.66. The quantitative estimate of drug-likeness (QED) is 0.906. The van der Waals surface area contributed by atoms with Gasteiger partial charge in [-0.1, -0.05) is 13.8 Å². The summed E-state index contributed by atoms with van der Waals surface area (Å²) in [5.41, 5.74) is 1.64. The summed E-state index contributed by atoms with van der Waals surface area (Å²) in [5.74, 6) is -0.0128. The molecule has 2 aliphatic heterocycles. The van der Waals surface area contributed by atoms with E-state index in [4.69, 9.17) is 4.74 Å². The zero-order chi connectivity index (χ0) is 15.3. The summed E-state index contributed by atoms with van der Waals surface area (Å²) < 4.78 is 5.84. The van der Waals surface area contributed by atoms with Gasteiger partial charge in [0.15, 0.2) is 0 Å². The molecule has 116 valence electrons. The average Bonchev–Trinajstić information content (AvgIpc) is 3.14. The van der Waals surface area contributed by atoms with Gasteiger partial charge >= 0.3 is 0 Å². The van der Waals surface area contributed by atoms with Crippen LogP contribution in [0.5, 0.6) is 0 Å². The van der Waals surface area contributed by atoms with Crippen molar-refractivity contribution < 1.29 is 9.53 Å². The van der Waals surface area contributed by atoms with E-state index in [1.807, 2.05) is 4.90 Å². The molecule has 2 unspecified atom stereocenters. The van der Waals surface area contributed by atoms with E-state index in [1.54, 1.807) is 12.3 Å². The van der Waals surface area contributed by atoms with Gasteiger partial charge in [0.2, 0.25) is 5.65 Å². The van der Waals surface area contributed by atoms with Crippen molar-refractivity contribution in [2.45, 2.75) is 38.8 Å². The van der Waals surface area contributed by atoms with Crippen LogP contribution in [0.25, 0.3) is 11.2 Å². The number of ether oxygens (including phenoxy) is 1. The van der Waals surface area contributed by atoms with Gasteiger partial charge in [-0.15, -0.1) is 5.10 Å². The monoisotopic (exact) mass is 301 g/mol. The first-order chi connectivity index (χ1) is 10.6. The fourth-order valence-corrected chi connectivity index (χ4v) is 3.78. The maximum atomic E-state index is 13.0. The molecule has 0 saturated carbocycles. The van der Waals surface area contributed by atoms with Crippen LogP contribution >= 0.6 is 0 Å². The molecule has 0 aromatic carbocycles. The maximum Gasteiger partial charge on any atom is 0.256 e. The molecular weight excluding hydrogens is 282 g/mol. The Morgan fingerprint density at radius 1 is 1.45 bits per heavy atom. The summed E-state index contributed by atoms with van der Waals surface area (Å²) in [6.45, 7) is 5.92. The summed E-state index contributed by atoms with van der Waals surface area (Å²) in [6, 6.07) is 1.84. The molecule has 4 heterocycles. The van der Waals surface area contributed by atoms with Crippen LogP contribution in [0.15, 0.2) is 12.3 Å². The topological polar surface area (TPSA) is 84.0 Å².